The van der Waals surface area contributed by atoms with Gasteiger partial charge in [0.1, 0.15) is 13.2 Å². The number of carbonyl (C=O) groups is 1. The summed E-state index contributed by atoms with van der Waals surface area (Å²) in [7, 11) is 0. The van der Waals surface area contributed by atoms with Gasteiger partial charge in [0, 0.05) is 24.9 Å². The van der Waals surface area contributed by atoms with E-state index in [4.69, 9.17) is 14.2 Å². The minimum atomic E-state index is -0.0518. The van der Waals surface area contributed by atoms with Gasteiger partial charge in [-0.3, -0.25) is 0 Å². The first-order valence-electron chi connectivity index (χ1n) is 8.40. The predicted molar refractivity (Wildman–Crippen MR) is 85.2 cm³/mol. The molecular formula is C17H22N2O4. The van der Waals surface area contributed by atoms with E-state index in [-0.39, 0.29) is 18.2 Å². The summed E-state index contributed by atoms with van der Waals surface area (Å²) in [6, 6.07) is 5.67. The average Bonchev–Trinajstić information content (AvgIpc) is 2.94. The molecule has 1 N–H and O–H groups in total. The fourth-order valence-corrected chi connectivity index (χ4v) is 3.66. The van der Waals surface area contributed by atoms with Gasteiger partial charge in [-0.1, -0.05) is 0 Å². The van der Waals surface area contributed by atoms with Gasteiger partial charge in [-0.2, -0.15) is 0 Å². The summed E-state index contributed by atoms with van der Waals surface area (Å²) < 4.78 is 17.0. The number of hydrogen-bond acceptors (Lipinski definition) is 4. The van der Waals surface area contributed by atoms with Crippen molar-refractivity contribution in [2.75, 3.05) is 31.7 Å². The van der Waals surface area contributed by atoms with Gasteiger partial charge in [-0.25, -0.2) is 4.79 Å². The van der Waals surface area contributed by atoms with E-state index in [1.54, 1.807) is 0 Å². The van der Waals surface area contributed by atoms with Crippen molar-refractivity contribution >= 4 is 11.7 Å². The zero-order valence-electron chi connectivity index (χ0n) is 13.1. The van der Waals surface area contributed by atoms with E-state index in [9.17, 15) is 4.79 Å². The molecule has 1 aliphatic carbocycles. The van der Waals surface area contributed by atoms with Crippen molar-refractivity contribution in [2.45, 2.75) is 37.8 Å². The first kappa shape index (κ1) is 14.6. The molecule has 4 rings (SSSR count). The number of ether oxygens (including phenoxy) is 3. The van der Waals surface area contributed by atoms with Gasteiger partial charge in [-0.05, 0) is 37.8 Å². The zero-order valence-corrected chi connectivity index (χ0v) is 13.1. The van der Waals surface area contributed by atoms with E-state index in [1.165, 1.54) is 0 Å². The van der Waals surface area contributed by atoms with Crippen molar-refractivity contribution in [1.82, 2.24) is 4.90 Å². The molecule has 23 heavy (non-hydrogen) atoms. The monoisotopic (exact) mass is 318 g/mol. The van der Waals surface area contributed by atoms with Crippen LogP contribution in [0.1, 0.15) is 25.7 Å². The Morgan fingerprint density at radius 2 is 1.96 bits per heavy atom. The van der Waals surface area contributed by atoms with Crippen molar-refractivity contribution in [3.05, 3.63) is 18.2 Å². The van der Waals surface area contributed by atoms with Crippen LogP contribution in [-0.4, -0.2) is 49.4 Å². The van der Waals surface area contributed by atoms with Gasteiger partial charge in [0.15, 0.2) is 11.5 Å². The van der Waals surface area contributed by atoms with Crippen molar-refractivity contribution in [3.8, 4) is 11.5 Å². The second kappa shape index (κ2) is 6.28. The molecule has 2 atom stereocenters. The molecule has 0 unspecified atom stereocenters. The van der Waals surface area contributed by atoms with Gasteiger partial charge >= 0.3 is 6.03 Å². The number of nitrogens with zero attached hydrogens (tertiary/aromatic N) is 1. The minimum absolute atomic E-state index is 0.0518. The molecule has 0 bridgehead atoms. The van der Waals surface area contributed by atoms with E-state index in [0.29, 0.717) is 19.0 Å². The number of carbonyl (C=O) groups excluding carboxylic acids is 1. The van der Waals surface area contributed by atoms with Crippen molar-refractivity contribution in [2.24, 2.45) is 0 Å². The van der Waals surface area contributed by atoms with Crippen molar-refractivity contribution < 1.29 is 19.0 Å². The predicted octanol–water partition coefficient (Wildman–Crippen LogP) is 2.63. The summed E-state index contributed by atoms with van der Waals surface area (Å²) in [6.07, 6.45) is 4.30. The molecule has 2 heterocycles. The molecule has 2 aliphatic heterocycles. The lowest BCUT2D eigenvalue weighted by Gasteiger charge is -2.30. The molecule has 0 aromatic heterocycles. The van der Waals surface area contributed by atoms with Crippen LogP contribution in [0.25, 0.3) is 0 Å². The number of benzene rings is 1. The van der Waals surface area contributed by atoms with Gasteiger partial charge in [0.05, 0.1) is 12.1 Å². The first-order valence-corrected chi connectivity index (χ1v) is 8.40. The summed E-state index contributed by atoms with van der Waals surface area (Å²) in [4.78, 5) is 14.7. The lowest BCUT2D eigenvalue weighted by Crippen LogP contribution is -2.45. The average molecular weight is 318 g/mol. The molecular weight excluding hydrogens is 296 g/mol. The number of anilines is 1. The van der Waals surface area contributed by atoms with Gasteiger partial charge in [-0.15, -0.1) is 0 Å². The SMILES string of the molecule is O=C(Nc1ccc2c(c1)OCCO2)N1CCCO[C@@H]2CCC[C@H]21. The van der Waals surface area contributed by atoms with Crippen LogP contribution in [0.2, 0.25) is 0 Å². The molecule has 1 saturated heterocycles. The summed E-state index contributed by atoms with van der Waals surface area (Å²) >= 11 is 0. The lowest BCUT2D eigenvalue weighted by molar-refractivity contribution is 0.0413. The largest absolute Gasteiger partial charge is 0.486 e. The fraction of sp³-hybridized carbons (Fsp3) is 0.588. The number of fused-ring (bicyclic) bond motifs is 2. The molecule has 1 aromatic carbocycles. The number of amides is 2. The number of rotatable bonds is 1. The Hall–Kier alpha value is -1.95. The highest BCUT2D eigenvalue weighted by Crippen LogP contribution is 2.33. The van der Waals surface area contributed by atoms with E-state index in [2.05, 4.69) is 5.32 Å². The second-order valence-electron chi connectivity index (χ2n) is 6.24. The Labute approximate surface area is 135 Å². The number of nitrogens with one attached hydrogen (secondary N) is 1. The molecule has 0 spiro atoms. The minimum Gasteiger partial charge on any atom is -0.486 e. The van der Waals surface area contributed by atoms with Crippen LogP contribution >= 0.6 is 0 Å². The Bertz CT molecular complexity index is 592. The maximum atomic E-state index is 12.7. The van der Waals surface area contributed by atoms with E-state index in [0.717, 1.165) is 50.3 Å². The molecule has 2 fully saturated rings. The van der Waals surface area contributed by atoms with Crippen LogP contribution in [-0.2, 0) is 4.74 Å². The molecule has 0 radical (unpaired) electrons. The topological polar surface area (TPSA) is 60.0 Å². The van der Waals surface area contributed by atoms with Crippen LogP contribution in [0, 0.1) is 0 Å². The number of urea groups is 1. The highest BCUT2D eigenvalue weighted by atomic mass is 16.6. The third-order valence-corrected chi connectivity index (χ3v) is 4.75. The quantitative estimate of drug-likeness (QED) is 0.865. The smallest absolute Gasteiger partial charge is 0.322 e. The molecule has 6 nitrogen and oxygen atoms in total. The van der Waals surface area contributed by atoms with Crippen molar-refractivity contribution in [1.29, 1.82) is 0 Å². The fourth-order valence-electron chi connectivity index (χ4n) is 3.66. The standard InChI is InChI=1S/C17H22N2O4/c20-17(19-7-2-8-21-14-4-1-3-13(14)19)18-12-5-6-15-16(11-12)23-10-9-22-15/h5-6,11,13-14H,1-4,7-10H2,(H,18,20)/t13-,14-/m1/s1. The molecule has 124 valence electrons. The van der Waals surface area contributed by atoms with E-state index < -0.39 is 0 Å². The summed E-state index contributed by atoms with van der Waals surface area (Å²) in [5, 5.41) is 3.00. The Kier molecular flexibility index (Phi) is 3.99. The Morgan fingerprint density at radius 1 is 1.09 bits per heavy atom. The van der Waals surface area contributed by atoms with Gasteiger partial charge in [0.25, 0.3) is 0 Å². The highest BCUT2D eigenvalue weighted by Gasteiger charge is 2.37. The van der Waals surface area contributed by atoms with Gasteiger partial charge in [0.2, 0.25) is 0 Å². The summed E-state index contributed by atoms with van der Waals surface area (Å²) in [6.45, 7) is 2.60. The normalized spacial score (nSPS) is 26.3. The molecule has 2 amide bonds. The maximum absolute atomic E-state index is 12.7. The Morgan fingerprint density at radius 3 is 2.87 bits per heavy atom. The lowest BCUT2D eigenvalue weighted by atomic mass is 10.2. The Balaban J connectivity index is 1.48. The van der Waals surface area contributed by atoms with E-state index in [1.807, 2.05) is 23.1 Å². The zero-order chi connectivity index (χ0) is 15.6. The van der Waals surface area contributed by atoms with E-state index >= 15 is 0 Å². The van der Waals surface area contributed by atoms with Gasteiger partial charge < -0.3 is 24.4 Å². The van der Waals surface area contributed by atoms with Crippen LogP contribution in [0.4, 0.5) is 10.5 Å². The van der Waals surface area contributed by atoms with Crippen molar-refractivity contribution in [3.63, 3.8) is 0 Å². The second-order valence-corrected chi connectivity index (χ2v) is 6.24. The molecule has 1 aromatic rings. The van der Waals surface area contributed by atoms with Crippen LogP contribution < -0.4 is 14.8 Å². The highest BCUT2D eigenvalue weighted by molar-refractivity contribution is 5.90. The summed E-state index contributed by atoms with van der Waals surface area (Å²) in [5.41, 5.74) is 0.735. The summed E-state index contributed by atoms with van der Waals surface area (Å²) in [5.74, 6) is 1.42. The molecule has 1 saturated carbocycles. The van der Waals surface area contributed by atoms with Crippen LogP contribution in [0.3, 0.4) is 0 Å². The maximum Gasteiger partial charge on any atom is 0.322 e. The molecule has 6 heteroatoms. The molecule has 3 aliphatic rings. The van der Waals surface area contributed by atoms with Crippen LogP contribution in [0.5, 0.6) is 11.5 Å². The third kappa shape index (κ3) is 2.95. The number of hydrogen-bond donors (Lipinski definition) is 1. The van der Waals surface area contributed by atoms with Crippen LogP contribution in [0.15, 0.2) is 18.2 Å². The first-order chi connectivity index (χ1) is 11.3. The third-order valence-electron chi connectivity index (χ3n) is 4.75.